The van der Waals surface area contributed by atoms with Crippen LogP contribution in [0.15, 0.2) is 42.5 Å². The number of amides is 1. The van der Waals surface area contributed by atoms with Crippen molar-refractivity contribution in [1.82, 2.24) is 5.32 Å². The van der Waals surface area contributed by atoms with E-state index in [1.54, 1.807) is 0 Å². The summed E-state index contributed by atoms with van der Waals surface area (Å²) < 4.78 is 11.1. The van der Waals surface area contributed by atoms with Gasteiger partial charge in [-0.2, -0.15) is 0 Å². The van der Waals surface area contributed by atoms with Crippen LogP contribution in [0.3, 0.4) is 0 Å². The van der Waals surface area contributed by atoms with Crippen LogP contribution >= 0.6 is 0 Å². The summed E-state index contributed by atoms with van der Waals surface area (Å²) in [6.45, 7) is 10.9. The molecule has 1 amide bonds. The zero-order chi connectivity index (χ0) is 21.8. The van der Waals surface area contributed by atoms with Crippen LogP contribution in [-0.2, 0) is 19.7 Å². The van der Waals surface area contributed by atoms with Gasteiger partial charge < -0.3 is 19.7 Å². The quantitative estimate of drug-likeness (QED) is 0.789. The molecular weight excluding hydrogens is 388 g/mol. The first-order valence-corrected chi connectivity index (χ1v) is 11.4. The first-order chi connectivity index (χ1) is 15.0. The Bertz CT molecular complexity index is 877. The lowest BCUT2D eigenvalue weighted by atomic mass is 9.72. The van der Waals surface area contributed by atoms with Gasteiger partial charge in [0.25, 0.3) is 0 Å². The zero-order valence-electron chi connectivity index (χ0n) is 18.9. The average Bonchev–Trinajstić information content (AvgIpc) is 2.79. The summed E-state index contributed by atoms with van der Waals surface area (Å²) in [6, 6.07) is 15.0. The highest BCUT2D eigenvalue weighted by Gasteiger charge is 2.42. The van der Waals surface area contributed by atoms with Gasteiger partial charge >= 0.3 is 0 Å². The van der Waals surface area contributed by atoms with E-state index in [1.165, 1.54) is 16.8 Å². The molecule has 2 aromatic rings. The molecule has 2 fully saturated rings. The minimum atomic E-state index is -0.531. The molecule has 0 aromatic heterocycles. The molecule has 5 heteroatoms. The Labute approximate surface area is 185 Å². The van der Waals surface area contributed by atoms with Crippen molar-refractivity contribution in [3.63, 3.8) is 0 Å². The minimum Gasteiger partial charge on any atom is -0.381 e. The monoisotopic (exact) mass is 422 g/mol. The largest absolute Gasteiger partial charge is 0.381 e. The molecule has 2 aliphatic rings. The molecule has 2 saturated heterocycles. The number of hydrogen-bond donors (Lipinski definition) is 1. The molecule has 2 heterocycles. The number of aryl methyl sites for hydroxylation is 2. The topological polar surface area (TPSA) is 50.8 Å². The lowest BCUT2D eigenvalue weighted by Crippen LogP contribution is -2.48. The molecule has 166 valence electrons. The molecule has 0 radical (unpaired) electrons. The number of nitrogens with one attached hydrogen (secondary N) is 1. The highest BCUT2D eigenvalue weighted by Crippen LogP contribution is 2.37. The maximum atomic E-state index is 13.7. The highest BCUT2D eigenvalue weighted by atomic mass is 16.5. The smallest absolute Gasteiger partial charge is 0.231 e. The van der Waals surface area contributed by atoms with Crippen molar-refractivity contribution in [2.45, 2.75) is 45.1 Å². The van der Waals surface area contributed by atoms with Crippen molar-refractivity contribution in [2.24, 2.45) is 0 Å². The molecule has 1 atom stereocenters. The Morgan fingerprint density at radius 3 is 2.13 bits per heavy atom. The highest BCUT2D eigenvalue weighted by molar-refractivity contribution is 5.89. The molecule has 4 rings (SSSR count). The maximum absolute atomic E-state index is 13.7. The minimum absolute atomic E-state index is 0.0585. The number of nitrogens with zero attached hydrogens (tertiary/aromatic N) is 1. The van der Waals surface area contributed by atoms with Crippen LogP contribution in [0.1, 0.15) is 48.1 Å². The van der Waals surface area contributed by atoms with Gasteiger partial charge in [0, 0.05) is 32.0 Å². The SMILES string of the molecule is Cc1cc(C)cc(C2(C(=O)N[C@@H](C)c3ccc(N4CCOCC4)cc3)CCOCC2)c1. The summed E-state index contributed by atoms with van der Waals surface area (Å²) in [5.41, 5.74) is 5.30. The molecule has 2 aliphatic heterocycles. The van der Waals surface area contributed by atoms with E-state index in [4.69, 9.17) is 9.47 Å². The number of carbonyl (C=O) groups excluding carboxylic acids is 1. The van der Waals surface area contributed by atoms with Gasteiger partial charge in [0.2, 0.25) is 5.91 Å². The third kappa shape index (κ3) is 4.78. The third-order valence-corrected chi connectivity index (χ3v) is 6.67. The van der Waals surface area contributed by atoms with Gasteiger partial charge in [0.15, 0.2) is 0 Å². The Morgan fingerprint density at radius 2 is 1.52 bits per heavy atom. The molecule has 0 spiro atoms. The van der Waals surface area contributed by atoms with Crippen LogP contribution < -0.4 is 10.2 Å². The van der Waals surface area contributed by atoms with Gasteiger partial charge in [0.05, 0.1) is 24.7 Å². The van der Waals surface area contributed by atoms with E-state index >= 15 is 0 Å². The van der Waals surface area contributed by atoms with Gasteiger partial charge in [-0.25, -0.2) is 0 Å². The molecular formula is C26H34N2O3. The fourth-order valence-corrected chi connectivity index (χ4v) is 4.83. The Balaban J connectivity index is 1.51. The molecule has 1 N–H and O–H groups in total. The van der Waals surface area contributed by atoms with E-state index in [9.17, 15) is 4.79 Å². The summed E-state index contributed by atoms with van der Waals surface area (Å²) in [6.07, 6.45) is 1.43. The van der Waals surface area contributed by atoms with Crippen LogP contribution in [0.5, 0.6) is 0 Å². The second-order valence-corrected chi connectivity index (χ2v) is 8.96. The number of anilines is 1. The van der Waals surface area contributed by atoms with Crippen molar-refractivity contribution in [1.29, 1.82) is 0 Å². The average molecular weight is 423 g/mol. The van der Waals surface area contributed by atoms with Crippen molar-refractivity contribution >= 4 is 11.6 Å². The fraction of sp³-hybridized carbons (Fsp3) is 0.500. The van der Waals surface area contributed by atoms with Gasteiger partial charge in [-0.05, 0) is 56.9 Å². The second kappa shape index (κ2) is 9.41. The molecule has 0 bridgehead atoms. The van der Waals surface area contributed by atoms with E-state index < -0.39 is 5.41 Å². The van der Waals surface area contributed by atoms with E-state index in [0.717, 1.165) is 37.4 Å². The predicted molar refractivity (Wildman–Crippen MR) is 124 cm³/mol. The Hall–Kier alpha value is -2.37. The molecule has 0 unspecified atom stereocenters. The standard InChI is InChI=1S/C26H34N2O3/c1-19-16-20(2)18-23(17-19)26(8-12-30-13-9-26)25(29)27-21(3)22-4-6-24(7-5-22)28-10-14-31-15-11-28/h4-7,16-18,21H,8-15H2,1-3H3,(H,27,29)/t21-/m0/s1. The number of ether oxygens (including phenoxy) is 2. The van der Waals surface area contributed by atoms with Crippen LogP contribution in [0.25, 0.3) is 0 Å². The summed E-state index contributed by atoms with van der Waals surface area (Å²) in [5.74, 6) is 0.102. The number of morpholine rings is 1. The zero-order valence-corrected chi connectivity index (χ0v) is 18.9. The van der Waals surface area contributed by atoms with Gasteiger partial charge in [0.1, 0.15) is 0 Å². The lowest BCUT2D eigenvalue weighted by molar-refractivity contribution is -0.131. The van der Waals surface area contributed by atoms with E-state index in [0.29, 0.717) is 26.1 Å². The Morgan fingerprint density at radius 1 is 0.935 bits per heavy atom. The van der Waals surface area contributed by atoms with E-state index in [-0.39, 0.29) is 11.9 Å². The summed E-state index contributed by atoms with van der Waals surface area (Å²) in [7, 11) is 0. The third-order valence-electron chi connectivity index (χ3n) is 6.67. The van der Waals surface area contributed by atoms with E-state index in [1.807, 2.05) is 0 Å². The van der Waals surface area contributed by atoms with Gasteiger partial charge in [-0.15, -0.1) is 0 Å². The van der Waals surface area contributed by atoms with Crippen LogP contribution in [-0.4, -0.2) is 45.4 Å². The van der Waals surface area contributed by atoms with Crippen LogP contribution in [0, 0.1) is 13.8 Å². The molecule has 31 heavy (non-hydrogen) atoms. The van der Waals surface area contributed by atoms with E-state index in [2.05, 4.69) is 73.5 Å². The van der Waals surface area contributed by atoms with Crippen molar-refractivity contribution in [3.8, 4) is 0 Å². The lowest BCUT2D eigenvalue weighted by Gasteiger charge is -2.37. The first-order valence-electron chi connectivity index (χ1n) is 11.4. The van der Waals surface area contributed by atoms with Crippen LogP contribution in [0.2, 0.25) is 0 Å². The Kier molecular flexibility index (Phi) is 6.63. The van der Waals surface area contributed by atoms with Crippen LogP contribution in [0.4, 0.5) is 5.69 Å². The predicted octanol–water partition coefficient (Wildman–Crippen LogP) is 4.07. The summed E-state index contributed by atoms with van der Waals surface area (Å²) >= 11 is 0. The number of hydrogen-bond acceptors (Lipinski definition) is 4. The number of carbonyl (C=O) groups is 1. The normalized spacial score (nSPS) is 19.6. The number of benzene rings is 2. The van der Waals surface area contributed by atoms with Crippen molar-refractivity contribution in [2.75, 3.05) is 44.4 Å². The molecule has 0 saturated carbocycles. The fourth-order valence-electron chi connectivity index (χ4n) is 4.83. The summed E-state index contributed by atoms with van der Waals surface area (Å²) in [5, 5.41) is 3.32. The number of rotatable bonds is 5. The van der Waals surface area contributed by atoms with Crippen molar-refractivity contribution < 1.29 is 14.3 Å². The van der Waals surface area contributed by atoms with Gasteiger partial charge in [-0.1, -0.05) is 41.5 Å². The second-order valence-electron chi connectivity index (χ2n) is 8.96. The molecule has 5 nitrogen and oxygen atoms in total. The molecule has 2 aromatic carbocycles. The summed E-state index contributed by atoms with van der Waals surface area (Å²) in [4.78, 5) is 16.0. The van der Waals surface area contributed by atoms with Gasteiger partial charge in [-0.3, -0.25) is 4.79 Å². The van der Waals surface area contributed by atoms with Crippen molar-refractivity contribution in [3.05, 3.63) is 64.7 Å². The maximum Gasteiger partial charge on any atom is 0.231 e. The first kappa shape index (κ1) is 21.8. The molecule has 0 aliphatic carbocycles.